The number of primary amides is 1. The topological polar surface area (TPSA) is 87.6 Å². The Bertz CT molecular complexity index is 465. The lowest BCUT2D eigenvalue weighted by Crippen LogP contribution is -2.28. The summed E-state index contributed by atoms with van der Waals surface area (Å²) in [5, 5.41) is 0.227. The Balaban J connectivity index is 0.00000144. The van der Waals surface area contributed by atoms with E-state index in [1.165, 1.54) is 6.07 Å². The van der Waals surface area contributed by atoms with Crippen LogP contribution in [-0.4, -0.2) is 18.6 Å². The summed E-state index contributed by atoms with van der Waals surface area (Å²) in [7, 11) is 0. The molecular formula is C10H12Cl2N2O3. The Morgan fingerprint density at radius 2 is 2.18 bits per heavy atom. The molecule has 4 N–H and O–H groups in total. The first-order valence-corrected chi connectivity index (χ1v) is 5.09. The fraction of sp³-hybridized carbons (Fsp3) is 0.300. The largest absolute Gasteiger partial charge is 0.485 e. The number of carbonyl (C=O) groups is 1. The second-order valence-corrected chi connectivity index (χ2v) is 3.99. The number of ether oxygens (including phenoxy) is 2. The van der Waals surface area contributed by atoms with Gasteiger partial charge in [0.1, 0.15) is 12.7 Å². The summed E-state index contributed by atoms with van der Waals surface area (Å²) in [6.45, 7) is 2.17. The lowest BCUT2D eigenvalue weighted by molar-refractivity contribution is 0.0938. The van der Waals surface area contributed by atoms with Gasteiger partial charge < -0.3 is 20.9 Å². The number of hydrogen-bond donors (Lipinski definition) is 2. The summed E-state index contributed by atoms with van der Waals surface area (Å²) in [5.41, 5.74) is 11.4. The van der Waals surface area contributed by atoms with Gasteiger partial charge in [-0.3, -0.25) is 4.79 Å². The normalized spacial score (nSPS) is 17.2. The monoisotopic (exact) mass is 278 g/mol. The molecule has 2 rings (SSSR count). The van der Waals surface area contributed by atoms with E-state index in [1.807, 2.05) is 6.92 Å². The van der Waals surface area contributed by atoms with Crippen molar-refractivity contribution in [2.45, 2.75) is 13.0 Å². The number of nitrogens with two attached hydrogens (primary N) is 2. The predicted molar refractivity (Wildman–Crippen MR) is 67.2 cm³/mol. The van der Waals surface area contributed by atoms with Gasteiger partial charge in [0.2, 0.25) is 0 Å². The van der Waals surface area contributed by atoms with Crippen molar-refractivity contribution in [2.24, 2.45) is 5.73 Å². The smallest absolute Gasteiger partial charge is 0.252 e. The van der Waals surface area contributed by atoms with Gasteiger partial charge in [-0.1, -0.05) is 11.6 Å². The summed E-state index contributed by atoms with van der Waals surface area (Å²) in [4.78, 5) is 11.2. The minimum absolute atomic E-state index is 0. The molecule has 1 heterocycles. The fourth-order valence-corrected chi connectivity index (χ4v) is 1.70. The Morgan fingerprint density at radius 3 is 2.76 bits per heavy atom. The van der Waals surface area contributed by atoms with E-state index >= 15 is 0 Å². The highest BCUT2D eigenvalue weighted by atomic mass is 35.5. The van der Waals surface area contributed by atoms with Crippen molar-refractivity contribution in [2.75, 3.05) is 12.3 Å². The van der Waals surface area contributed by atoms with Crippen molar-refractivity contribution in [3.63, 3.8) is 0 Å². The maximum Gasteiger partial charge on any atom is 0.252 e. The molecule has 1 atom stereocenters. The molecule has 7 heteroatoms. The molecule has 5 nitrogen and oxygen atoms in total. The number of fused-ring (bicyclic) bond motifs is 1. The van der Waals surface area contributed by atoms with E-state index in [1.54, 1.807) is 0 Å². The molecule has 0 spiro atoms. The average Bonchev–Trinajstić information content (AvgIpc) is 2.23. The van der Waals surface area contributed by atoms with Crippen molar-refractivity contribution in [3.05, 3.63) is 16.7 Å². The molecule has 0 aliphatic carbocycles. The van der Waals surface area contributed by atoms with Crippen LogP contribution in [0.4, 0.5) is 5.69 Å². The molecule has 0 saturated carbocycles. The minimum Gasteiger partial charge on any atom is -0.485 e. The molecule has 1 aliphatic rings. The van der Waals surface area contributed by atoms with Crippen LogP contribution in [-0.2, 0) is 0 Å². The van der Waals surface area contributed by atoms with Crippen LogP contribution >= 0.6 is 24.0 Å². The summed E-state index contributed by atoms with van der Waals surface area (Å²) in [6.07, 6.45) is -0.144. The SMILES string of the molecule is CC1COc2c(C(N)=O)cc(Cl)c(N)c2O1.Cl. The van der Waals surface area contributed by atoms with Crippen molar-refractivity contribution < 1.29 is 14.3 Å². The van der Waals surface area contributed by atoms with Gasteiger partial charge in [0, 0.05) is 0 Å². The van der Waals surface area contributed by atoms with E-state index in [4.69, 9.17) is 32.5 Å². The maximum absolute atomic E-state index is 11.2. The molecule has 1 amide bonds. The highest BCUT2D eigenvalue weighted by Crippen LogP contribution is 2.43. The van der Waals surface area contributed by atoms with Crippen molar-refractivity contribution >= 4 is 35.6 Å². The van der Waals surface area contributed by atoms with Gasteiger partial charge >= 0.3 is 0 Å². The summed E-state index contributed by atoms with van der Waals surface area (Å²) in [5.74, 6) is -0.0659. The first kappa shape index (κ1) is 13.7. The number of nitrogen functional groups attached to an aromatic ring is 1. The molecule has 94 valence electrons. The number of halogens is 2. The average molecular weight is 279 g/mol. The number of rotatable bonds is 1. The van der Waals surface area contributed by atoms with E-state index < -0.39 is 5.91 Å². The third-order valence-corrected chi connectivity index (χ3v) is 2.58. The van der Waals surface area contributed by atoms with E-state index in [9.17, 15) is 4.79 Å². The Morgan fingerprint density at radius 1 is 1.53 bits per heavy atom. The zero-order valence-corrected chi connectivity index (χ0v) is 10.6. The molecule has 0 saturated heterocycles. The minimum atomic E-state index is -0.628. The molecule has 1 aromatic carbocycles. The van der Waals surface area contributed by atoms with E-state index in [0.717, 1.165) is 0 Å². The lowest BCUT2D eigenvalue weighted by atomic mass is 10.1. The highest BCUT2D eigenvalue weighted by molar-refractivity contribution is 6.34. The van der Waals surface area contributed by atoms with Crippen molar-refractivity contribution in [3.8, 4) is 11.5 Å². The van der Waals surface area contributed by atoms with Gasteiger partial charge in [-0.15, -0.1) is 12.4 Å². The number of amides is 1. The number of carbonyl (C=O) groups excluding carboxylic acids is 1. The Kier molecular flexibility index (Phi) is 3.95. The number of benzene rings is 1. The molecular weight excluding hydrogens is 267 g/mol. The molecule has 1 aliphatic heterocycles. The molecule has 1 aromatic rings. The first-order chi connectivity index (χ1) is 7.50. The van der Waals surface area contributed by atoms with Crippen molar-refractivity contribution in [1.82, 2.24) is 0 Å². The van der Waals surface area contributed by atoms with Crippen LogP contribution in [0.5, 0.6) is 11.5 Å². The highest BCUT2D eigenvalue weighted by Gasteiger charge is 2.26. The number of anilines is 1. The van der Waals surface area contributed by atoms with Gasteiger partial charge in [-0.05, 0) is 13.0 Å². The third-order valence-electron chi connectivity index (χ3n) is 2.27. The molecule has 0 radical (unpaired) electrons. The quantitative estimate of drug-likeness (QED) is 0.764. The van der Waals surface area contributed by atoms with E-state index in [0.29, 0.717) is 12.4 Å². The zero-order chi connectivity index (χ0) is 11.9. The summed E-state index contributed by atoms with van der Waals surface area (Å²) >= 11 is 5.87. The van der Waals surface area contributed by atoms with Crippen LogP contribution in [0.2, 0.25) is 5.02 Å². The van der Waals surface area contributed by atoms with Gasteiger partial charge in [-0.2, -0.15) is 0 Å². The van der Waals surface area contributed by atoms with Gasteiger partial charge in [-0.25, -0.2) is 0 Å². The lowest BCUT2D eigenvalue weighted by Gasteiger charge is -2.26. The Labute approximate surface area is 109 Å². The van der Waals surface area contributed by atoms with Gasteiger partial charge in [0.05, 0.1) is 16.3 Å². The predicted octanol–water partition coefficient (Wildman–Crippen LogP) is 1.60. The second kappa shape index (κ2) is 4.89. The number of hydrogen-bond acceptors (Lipinski definition) is 4. The molecule has 1 unspecified atom stereocenters. The summed E-state index contributed by atoms with van der Waals surface area (Å²) < 4.78 is 10.9. The fourth-order valence-electron chi connectivity index (χ4n) is 1.50. The van der Waals surface area contributed by atoms with Crippen LogP contribution < -0.4 is 20.9 Å². The van der Waals surface area contributed by atoms with E-state index in [2.05, 4.69) is 0 Å². The van der Waals surface area contributed by atoms with Crippen LogP contribution in [0.3, 0.4) is 0 Å². The third kappa shape index (κ3) is 2.35. The van der Waals surface area contributed by atoms with Crippen molar-refractivity contribution in [1.29, 1.82) is 0 Å². The van der Waals surface area contributed by atoms with Gasteiger partial charge in [0.25, 0.3) is 5.91 Å². The standard InChI is InChI=1S/C10H11ClN2O3.ClH/c1-4-3-15-8-5(10(13)14)2-6(11)7(12)9(8)16-4;/h2,4H,3,12H2,1H3,(H2,13,14);1H. The Hall–Kier alpha value is -1.33. The van der Waals surface area contributed by atoms with Crippen LogP contribution in [0.25, 0.3) is 0 Å². The van der Waals surface area contributed by atoms with Crippen LogP contribution in [0.15, 0.2) is 6.07 Å². The molecule has 0 aromatic heterocycles. The zero-order valence-electron chi connectivity index (χ0n) is 9.03. The second-order valence-electron chi connectivity index (χ2n) is 3.58. The van der Waals surface area contributed by atoms with Gasteiger partial charge in [0.15, 0.2) is 11.5 Å². The summed E-state index contributed by atoms with van der Waals surface area (Å²) in [6, 6.07) is 1.39. The molecule has 0 bridgehead atoms. The molecule has 17 heavy (non-hydrogen) atoms. The van der Waals surface area contributed by atoms with E-state index in [-0.39, 0.29) is 40.5 Å². The first-order valence-electron chi connectivity index (χ1n) is 4.72. The maximum atomic E-state index is 11.2. The molecule has 0 fully saturated rings. The van der Waals surface area contributed by atoms with Crippen LogP contribution in [0, 0.1) is 0 Å². The van der Waals surface area contributed by atoms with Crippen LogP contribution in [0.1, 0.15) is 17.3 Å².